The van der Waals surface area contributed by atoms with E-state index < -0.39 is 11.9 Å². The van der Waals surface area contributed by atoms with Gasteiger partial charge in [0.15, 0.2) is 0 Å². The third-order valence-corrected chi connectivity index (χ3v) is 3.61. The SMILES string of the molecule is CCCc1ccc(C(=O)Oc2ccc(CCO)cc2C(=O)O)cc1. The highest BCUT2D eigenvalue weighted by Crippen LogP contribution is 2.22. The molecule has 0 aromatic heterocycles. The van der Waals surface area contributed by atoms with Crippen molar-refractivity contribution in [3.8, 4) is 5.75 Å². The average molecular weight is 328 g/mol. The summed E-state index contributed by atoms with van der Waals surface area (Å²) < 4.78 is 5.24. The molecule has 2 rings (SSSR count). The maximum Gasteiger partial charge on any atom is 0.343 e. The highest BCUT2D eigenvalue weighted by Gasteiger charge is 2.16. The molecule has 0 radical (unpaired) electrons. The summed E-state index contributed by atoms with van der Waals surface area (Å²) in [5.74, 6) is -1.79. The second-order valence-corrected chi connectivity index (χ2v) is 5.45. The molecule has 2 N–H and O–H groups in total. The van der Waals surface area contributed by atoms with E-state index in [1.165, 1.54) is 12.1 Å². The van der Waals surface area contributed by atoms with E-state index in [4.69, 9.17) is 9.84 Å². The molecule has 2 aromatic carbocycles. The summed E-state index contributed by atoms with van der Waals surface area (Å²) in [6.45, 7) is 2.00. The summed E-state index contributed by atoms with van der Waals surface area (Å²) in [6.07, 6.45) is 2.30. The van der Waals surface area contributed by atoms with Gasteiger partial charge in [0.25, 0.3) is 0 Å². The molecule has 0 heterocycles. The van der Waals surface area contributed by atoms with Gasteiger partial charge < -0.3 is 14.9 Å². The van der Waals surface area contributed by atoms with E-state index in [1.807, 2.05) is 12.1 Å². The second-order valence-electron chi connectivity index (χ2n) is 5.45. The molecule has 0 saturated carbocycles. The first-order valence-corrected chi connectivity index (χ1v) is 7.83. The molecule has 5 nitrogen and oxygen atoms in total. The third kappa shape index (κ3) is 4.43. The molecule has 0 spiro atoms. The lowest BCUT2D eigenvalue weighted by Crippen LogP contribution is -2.12. The molecule has 24 heavy (non-hydrogen) atoms. The normalized spacial score (nSPS) is 10.4. The molecule has 0 aliphatic carbocycles. The minimum atomic E-state index is -1.18. The van der Waals surface area contributed by atoms with Gasteiger partial charge >= 0.3 is 11.9 Å². The highest BCUT2D eigenvalue weighted by molar-refractivity contribution is 5.95. The lowest BCUT2D eigenvalue weighted by atomic mass is 10.1. The molecular formula is C19H20O5. The lowest BCUT2D eigenvalue weighted by molar-refractivity contribution is 0.0681. The summed E-state index contributed by atoms with van der Waals surface area (Å²) in [4.78, 5) is 23.6. The van der Waals surface area contributed by atoms with Crippen LogP contribution in [-0.2, 0) is 12.8 Å². The minimum absolute atomic E-state index is 0.00757. The van der Waals surface area contributed by atoms with Crippen LogP contribution in [0.3, 0.4) is 0 Å². The van der Waals surface area contributed by atoms with Crippen LogP contribution in [0.1, 0.15) is 45.2 Å². The predicted octanol–water partition coefficient (Wildman–Crippen LogP) is 3.09. The zero-order valence-electron chi connectivity index (χ0n) is 13.5. The monoisotopic (exact) mass is 328 g/mol. The van der Waals surface area contributed by atoms with Crippen LogP contribution in [0.2, 0.25) is 0 Å². The molecule has 0 fully saturated rings. The molecule has 0 saturated heterocycles. The van der Waals surface area contributed by atoms with Gasteiger partial charge in [-0.05, 0) is 48.2 Å². The van der Waals surface area contributed by atoms with Crippen LogP contribution in [0.5, 0.6) is 5.75 Å². The Morgan fingerprint density at radius 1 is 1.00 bits per heavy atom. The average Bonchev–Trinajstić information content (AvgIpc) is 2.57. The predicted molar refractivity (Wildman–Crippen MR) is 89.6 cm³/mol. The fraction of sp³-hybridized carbons (Fsp3) is 0.263. The van der Waals surface area contributed by atoms with Gasteiger partial charge in [0.05, 0.1) is 5.56 Å². The number of carbonyl (C=O) groups excluding carboxylic acids is 1. The number of aliphatic hydroxyl groups excluding tert-OH is 1. The first-order chi connectivity index (χ1) is 11.5. The largest absolute Gasteiger partial charge is 0.478 e. The number of carbonyl (C=O) groups is 2. The fourth-order valence-corrected chi connectivity index (χ4v) is 2.37. The van der Waals surface area contributed by atoms with Crippen molar-refractivity contribution in [2.24, 2.45) is 0 Å². The minimum Gasteiger partial charge on any atom is -0.478 e. The molecule has 0 unspecified atom stereocenters. The van der Waals surface area contributed by atoms with Gasteiger partial charge in [0, 0.05) is 6.61 Å². The molecule has 0 bridgehead atoms. The van der Waals surface area contributed by atoms with Gasteiger partial charge in [0.1, 0.15) is 11.3 Å². The maximum atomic E-state index is 12.2. The fourth-order valence-electron chi connectivity index (χ4n) is 2.37. The summed E-state index contributed by atoms with van der Waals surface area (Å²) in [7, 11) is 0. The molecule has 0 amide bonds. The highest BCUT2D eigenvalue weighted by atomic mass is 16.5. The van der Waals surface area contributed by atoms with Crippen LogP contribution in [0.4, 0.5) is 0 Å². The van der Waals surface area contributed by atoms with Crippen LogP contribution in [0.25, 0.3) is 0 Å². The number of aliphatic hydroxyl groups is 1. The van der Waals surface area contributed by atoms with Crippen LogP contribution in [-0.4, -0.2) is 28.8 Å². The Morgan fingerprint density at radius 3 is 2.25 bits per heavy atom. The third-order valence-electron chi connectivity index (χ3n) is 3.61. The maximum absolute atomic E-state index is 12.2. The number of esters is 1. The van der Waals surface area contributed by atoms with Crippen LogP contribution in [0, 0.1) is 0 Å². The van der Waals surface area contributed by atoms with Gasteiger partial charge in [-0.3, -0.25) is 0 Å². The van der Waals surface area contributed by atoms with Crippen molar-refractivity contribution in [2.45, 2.75) is 26.2 Å². The smallest absolute Gasteiger partial charge is 0.343 e. The summed E-state index contributed by atoms with van der Waals surface area (Å²) in [5.41, 5.74) is 2.06. The standard InChI is InChI=1S/C19H20O5/c1-2-3-13-4-7-15(8-5-13)19(23)24-17-9-6-14(10-11-20)12-16(17)18(21)22/h4-9,12,20H,2-3,10-11H2,1H3,(H,21,22). The van der Waals surface area contributed by atoms with E-state index >= 15 is 0 Å². The van der Waals surface area contributed by atoms with Crippen molar-refractivity contribution < 1.29 is 24.5 Å². The zero-order valence-corrected chi connectivity index (χ0v) is 13.5. The van der Waals surface area contributed by atoms with Crippen molar-refractivity contribution in [1.29, 1.82) is 0 Å². The summed E-state index contributed by atoms with van der Waals surface area (Å²) in [5, 5.41) is 18.2. The molecule has 0 aliphatic heterocycles. The van der Waals surface area contributed by atoms with Crippen LogP contribution in [0.15, 0.2) is 42.5 Å². The van der Waals surface area contributed by atoms with Gasteiger partial charge in [-0.1, -0.05) is 31.5 Å². The Labute approximate surface area is 140 Å². The van der Waals surface area contributed by atoms with E-state index in [2.05, 4.69) is 6.92 Å². The van der Waals surface area contributed by atoms with Gasteiger partial charge in [0.2, 0.25) is 0 Å². The molecular weight excluding hydrogens is 308 g/mol. The van der Waals surface area contributed by atoms with Crippen molar-refractivity contribution in [3.05, 3.63) is 64.7 Å². The zero-order chi connectivity index (χ0) is 17.5. The number of aryl methyl sites for hydroxylation is 1. The Hall–Kier alpha value is -2.66. The van der Waals surface area contributed by atoms with Crippen molar-refractivity contribution in [2.75, 3.05) is 6.61 Å². The first-order valence-electron chi connectivity index (χ1n) is 7.83. The number of carboxylic acid groups (broad SMARTS) is 1. The number of benzene rings is 2. The number of aromatic carboxylic acids is 1. The van der Waals surface area contributed by atoms with Crippen LogP contribution >= 0.6 is 0 Å². The van der Waals surface area contributed by atoms with E-state index in [9.17, 15) is 14.7 Å². The Balaban J connectivity index is 2.20. The van der Waals surface area contributed by atoms with Crippen LogP contribution < -0.4 is 4.74 Å². The Bertz CT molecular complexity index is 719. The lowest BCUT2D eigenvalue weighted by Gasteiger charge is -2.09. The molecule has 0 aliphatic rings. The quantitative estimate of drug-likeness (QED) is 0.603. The molecule has 0 atom stereocenters. The molecule has 2 aromatic rings. The summed E-state index contributed by atoms with van der Waals surface area (Å²) in [6, 6.07) is 11.6. The Kier molecular flexibility index (Phi) is 6.09. The topological polar surface area (TPSA) is 83.8 Å². The number of hydrogen-bond acceptors (Lipinski definition) is 4. The van der Waals surface area contributed by atoms with Gasteiger partial charge in [-0.25, -0.2) is 9.59 Å². The van der Waals surface area contributed by atoms with Crippen molar-refractivity contribution in [3.63, 3.8) is 0 Å². The van der Waals surface area contributed by atoms with E-state index in [1.54, 1.807) is 18.2 Å². The van der Waals surface area contributed by atoms with Gasteiger partial charge in [-0.15, -0.1) is 0 Å². The van der Waals surface area contributed by atoms with E-state index in [-0.39, 0.29) is 17.9 Å². The van der Waals surface area contributed by atoms with Gasteiger partial charge in [-0.2, -0.15) is 0 Å². The van der Waals surface area contributed by atoms with Crippen molar-refractivity contribution >= 4 is 11.9 Å². The van der Waals surface area contributed by atoms with E-state index in [0.717, 1.165) is 18.4 Å². The number of rotatable bonds is 7. The summed E-state index contributed by atoms with van der Waals surface area (Å²) >= 11 is 0. The Morgan fingerprint density at radius 2 is 1.67 bits per heavy atom. The second kappa shape index (κ2) is 8.26. The van der Waals surface area contributed by atoms with E-state index in [0.29, 0.717) is 17.5 Å². The number of carboxylic acids is 1. The number of ether oxygens (including phenoxy) is 1. The molecule has 126 valence electrons. The van der Waals surface area contributed by atoms with Crippen molar-refractivity contribution in [1.82, 2.24) is 0 Å². The molecule has 5 heteroatoms. The number of hydrogen-bond donors (Lipinski definition) is 2. The first kappa shape index (κ1) is 17.7.